The molecule has 78 heavy (non-hydrogen) atoms. The van der Waals surface area contributed by atoms with E-state index in [1.165, 1.54) is 68.9 Å². The lowest BCUT2D eigenvalue weighted by atomic mass is 9.92. The van der Waals surface area contributed by atoms with Crippen molar-refractivity contribution < 1.29 is 53.5 Å². The Morgan fingerprint density at radius 2 is 1.10 bits per heavy atom. The zero-order valence-electron chi connectivity index (χ0n) is 44.6. The number of fused-ring (bicyclic) bond motifs is 2. The monoisotopic (exact) mass is 1180 g/mol. The molecule has 2 N–H and O–H groups in total. The van der Waals surface area contributed by atoms with Gasteiger partial charge in [-0.25, -0.2) is 67.6 Å². The first-order chi connectivity index (χ1) is 36.1. The van der Waals surface area contributed by atoms with Crippen molar-refractivity contribution in [2.24, 2.45) is 15.7 Å². The molecular formula is C55H59BrF4N8O8S2. The van der Waals surface area contributed by atoms with Crippen LogP contribution in [0.5, 0.6) is 0 Å². The first kappa shape index (κ1) is 60.0. The summed E-state index contributed by atoms with van der Waals surface area (Å²) in [6.45, 7) is 13.4. The Balaban J connectivity index is 0.000000211. The van der Waals surface area contributed by atoms with E-state index in [0.29, 0.717) is 14.8 Å². The number of amides is 2. The van der Waals surface area contributed by atoms with Crippen LogP contribution in [0.3, 0.4) is 0 Å². The molecule has 0 saturated heterocycles. The molecular weight excluding hydrogens is 1120 g/mol. The van der Waals surface area contributed by atoms with Gasteiger partial charge in [-0.1, -0.05) is 60.7 Å². The third kappa shape index (κ3) is 14.7. The van der Waals surface area contributed by atoms with E-state index in [2.05, 4.69) is 48.0 Å². The molecule has 0 unspecified atom stereocenters. The summed E-state index contributed by atoms with van der Waals surface area (Å²) in [6, 6.07) is 26.8. The smallest absolute Gasteiger partial charge is 0.427 e. The van der Waals surface area contributed by atoms with Crippen molar-refractivity contribution in [3.8, 4) is 0 Å². The standard InChI is InChI=1S/C24H33F2N3O6S.C22H20F2N4O2S.C9H6BrN/c1-15(25)12-16-10-11-18(26)17(13-16)24(8)14-36(32,33)28(9)19(27-24)29(20(30)34-22(2,3)4)21(31)35-23(5,6)7;1-22(13-31(29,30)28(2)21(25)27-22)17-9-14(7-8-18(17)23)10-19(24)20-11-15-5-3-4-6-16(15)12-26-20;10-9-5-7-3-1-2-4-8(7)6-11-9/h10-13H,14H2,1-9H3;3-12H,13H2,1-2H3,(H2,25,27);1-6H/b15-12-;19-10-;/t24-;22-;/m00./s1. The lowest BCUT2D eigenvalue weighted by molar-refractivity contribution is 0.0132. The van der Waals surface area contributed by atoms with E-state index in [1.54, 1.807) is 53.8 Å². The molecule has 0 fully saturated rings. The SMILES string of the molecule is Brc1cc2ccccc2cn1.C/C(F)=C/c1ccc(F)c([C@]2(C)CS(=O)(=O)N(C)C(N(C(=O)OC(C)(C)C)C(=O)OC(C)(C)C)=N2)c1.CN1C(N)=N[C@](C)(c2cc(/C=C(\F)c3cc4ccccc4cn3)ccc2F)CS1(=O)=O. The molecule has 4 aromatic carbocycles. The van der Waals surface area contributed by atoms with Gasteiger partial charge in [0.1, 0.15) is 44.3 Å². The maximum absolute atomic E-state index is 15.0. The second kappa shape index (κ2) is 23.0. The Bertz CT molecular complexity index is 3630. The number of allylic oxidation sites excluding steroid dienone is 1. The van der Waals surface area contributed by atoms with E-state index in [1.807, 2.05) is 48.7 Å². The number of hydrogen-bond donors (Lipinski definition) is 1. The number of nitrogens with two attached hydrogens (primary N) is 1. The topological polar surface area (TPSA) is 207 Å². The summed E-state index contributed by atoms with van der Waals surface area (Å²) in [4.78, 5) is 43.4. The van der Waals surface area contributed by atoms with Crippen LogP contribution >= 0.6 is 15.9 Å². The van der Waals surface area contributed by atoms with Gasteiger partial charge in [0.25, 0.3) is 0 Å². The maximum Gasteiger partial charge on any atom is 0.427 e. The van der Waals surface area contributed by atoms with Crippen LogP contribution < -0.4 is 5.73 Å². The second-order valence-electron chi connectivity index (χ2n) is 20.6. The van der Waals surface area contributed by atoms with Crippen LogP contribution in [-0.4, -0.2) is 101 Å². The molecule has 2 atom stereocenters. The Hall–Kier alpha value is -7.24. The summed E-state index contributed by atoms with van der Waals surface area (Å²) < 4.78 is 122. The average molecular weight is 1180 g/mol. The molecule has 0 aliphatic carbocycles. The molecule has 0 radical (unpaired) electrons. The molecule has 4 heterocycles. The van der Waals surface area contributed by atoms with Gasteiger partial charge in [-0.3, -0.25) is 4.98 Å². The average Bonchev–Trinajstić information content (AvgIpc) is 3.46. The number of aliphatic imine (C=N–C) groups is 2. The van der Waals surface area contributed by atoms with Gasteiger partial charge >= 0.3 is 12.2 Å². The Labute approximate surface area is 459 Å². The van der Waals surface area contributed by atoms with E-state index in [-0.39, 0.29) is 28.3 Å². The third-order valence-electron chi connectivity index (χ3n) is 11.7. The molecule has 16 nitrogen and oxygen atoms in total. The summed E-state index contributed by atoms with van der Waals surface area (Å²) in [5.41, 5.74) is 1.02. The number of halogens is 5. The number of aromatic nitrogens is 2. The molecule has 0 saturated carbocycles. The molecule has 2 aromatic heterocycles. The molecule has 8 rings (SSSR count). The number of carbonyl (C=O) groups excluding carboxylic acids is 2. The predicted molar refractivity (Wildman–Crippen MR) is 299 cm³/mol. The molecule has 2 aliphatic heterocycles. The summed E-state index contributed by atoms with van der Waals surface area (Å²) in [6.07, 6.45) is 3.35. The van der Waals surface area contributed by atoms with Crippen LogP contribution in [0.25, 0.3) is 39.5 Å². The van der Waals surface area contributed by atoms with E-state index in [4.69, 9.17) is 15.2 Å². The highest BCUT2D eigenvalue weighted by Crippen LogP contribution is 2.37. The fraction of sp³-hybridized carbons (Fsp3) is 0.309. The summed E-state index contributed by atoms with van der Waals surface area (Å²) >= 11 is 3.32. The fourth-order valence-corrected chi connectivity index (χ4v) is 11.3. The summed E-state index contributed by atoms with van der Waals surface area (Å²) in [5.74, 6) is -4.61. The van der Waals surface area contributed by atoms with Gasteiger partial charge in [0, 0.05) is 48.4 Å². The molecule has 0 bridgehead atoms. The van der Waals surface area contributed by atoms with Crippen molar-refractivity contribution in [3.05, 3.63) is 159 Å². The first-order valence-corrected chi connectivity index (χ1v) is 27.9. The molecule has 2 aliphatic rings. The van der Waals surface area contributed by atoms with E-state index < -0.39 is 95.3 Å². The summed E-state index contributed by atoms with van der Waals surface area (Å²) in [5, 5.41) is 4.12. The van der Waals surface area contributed by atoms with Gasteiger partial charge in [-0.15, -0.1) is 4.90 Å². The van der Waals surface area contributed by atoms with Crippen LogP contribution in [0.2, 0.25) is 0 Å². The highest BCUT2D eigenvalue weighted by Gasteiger charge is 2.48. The lowest BCUT2D eigenvalue weighted by Gasteiger charge is -2.39. The number of nitrogens with zero attached hydrogens (tertiary/aromatic N) is 7. The number of benzene rings is 4. The van der Waals surface area contributed by atoms with Crippen LogP contribution in [0.15, 0.2) is 130 Å². The minimum absolute atomic E-state index is 0.0140. The maximum atomic E-state index is 15.0. The van der Waals surface area contributed by atoms with Crippen molar-refractivity contribution in [1.29, 1.82) is 0 Å². The number of carbonyl (C=O) groups is 2. The number of guanidine groups is 2. The molecule has 0 spiro atoms. The molecule has 2 amide bonds. The van der Waals surface area contributed by atoms with E-state index in [0.717, 1.165) is 44.9 Å². The molecule has 23 heteroatoms. The highest BCUT2D eigenvalue weighted by atomic mass is 79.9. The Morgan fingerprint density at radius 1 is 0.667 bits per heavy atom. The minimum atomic E-state index is -4.23. The zero-order chi connectivity index (χ0) is 57.9. The highest BCUT2D eigenvalue weighted by molar-refractivity contribution is 9.10. The van der Waals surface area contributed by atoms with Gasteiger partial charge in [0.05, 0.1) is 23.0 Å². The number of imide groups is 1. The number of pyridine rings is 2. The van der Waals surface area contributed by atoms with Crippen molar-refractivity contribution in [3.63, 3.8) is 0 Å². The largest absolute Gasteiger partial charge is 0.443 e. The van der Waals surface area contributed by atoms with E-state index in [9.17, 15) is 44.0 Å². The number of hydrogen-bond acceptors (Lipinski definition) is 13. The van der Waals surface area contributed by atoms with Crippen LogP contribution in [-0.2, 0) is 40.6 Å². The van der Waals surface area contributed by atoms with Crippen molar-refractivity contribution in [2.45, 2.75) is 84.6 Å². The van der Waals surface area contributed by atoms with Crippen molar-refractivity contribution in [2.75, 3.05) is 25.6 Å². The Kier molecular flexibility index (Phi) is 17.7. The zero-order valence-corrected chi connectivity index (χ0v) is 47.9. The van der Waals surface area contributed by atoms with Gasteiger partial charge < -0.3 is 15.2 Å². The van der Waals surface area contributed by atoms with Gasteiger partial charge in [0.2, 0.25) is 32.0 Å². The Morgan fingerprint density at radius 3 is 1.58 bits per heavy atom. The number of rotatable bonds is 5. The van der Waals surface area contributed by atoms with Crippen LogP contribution in [0.1, 0.15) is 90.3 Å². The second-order valence-corrected chi connectivity index (χ2v) is 25.5. The predicted octanol–water partition coefficient (Wildman–Crippen LogP) is 11.8. The van der Waals surface area contributed by atoms with Crippen molar-refractivity contribution >= 4 is 99.6 Å². The van der Waals surface area contributed by atoms with Gasteiger partial charge in [-0.2, -0.15) is 0 Å². The van der Waals surface area contributed by atoms with E-state index >= 15 is 0 Å². The quantitative estimate of drug-likeness (QED) is 0.127. The lowest BCUT2D eigenvalue weighted by Crippen LogP contribution is -2.58. The van der Waals surface area contributed by atoms with Crippen LogP contribution in [0, 0.1) is 11.6 Å². The number of sulfonamides is 2. The van der Waals surface area contributed by atoms with Crippen LogP contribution in [0.4, 0.5) is 27.2 Å². The van der Waals surface area contributed by atoms with Crippen molar-refractivity contribution in [1.82, 2.24) is 23.5 Å². The number of ether oxygens (including phenoxy) is 2. The third-order valence-corrected chi connectivity index (χ3v) is 16.0. The fourth-order valence-electron chi connectivity index (χ4n) is 7.98. The summed E-state index contributed by atoms with van der Waals surface area (Å²) in [7, 11) is -5.61. The first-order valence-electron chi connectivity index (χ1n) is 23.9. The molecule has 6 aromatic rings. The van der Waals surface area contributed by atoms with Gasteiger partial charge in [-0.05, 0) is 149 Å². The normalized spacial score (nSPS) is 19.3. The van der Waals surface area contributed by atoms with Gasteiger partial charge in [0.15, 0.2) is 0 Å². The molecule has 414 valence electrons. The minimum Gasteiger partial charge on any atom is -0.443 e.